The molecule has 2 nitrogen and oxygen atoms in total. The summed E-state index contributed by atoms with van der Waals surface area (Å²) in [5, 5.41) is 10.5. The molecule has 0 aliphatic rings. The molecule has 29 heavy (non-hydrogen) atoms. The summed E-state index contributed by atoms with van der Waals surface area (Å²) in [6.07, 6.45) is 9.51. The fourth-order valence-electron chi connectivity index (χ4n) is 3.13. The maximum Gasteiger partial charge on any atom is 0.161 e. The molecule has 0 amide bonds. The maximum atomic E-state index is 10.5. The normalized spacial score (nSPS) is 13.4. The summed E-state index contributed by atoms with van der Waals surface area (Å²) < 4.78 is 5.79. The lowest BCUT2D eigenvalue weighted by atomic mass is 9.79. The van der Waals surface area contributed by atoms with Crippen molar-refractivity contribution < 1.29 is 9.84 Å². The van der Waals surface area contributed by atoms with Crippen LogP contribution >= 0.6 is 0 Å². The Labute approximate surface area is 176 Å². The predicted octanol–water partition coefficient (Wildman–Crippen LogP) is 7.50. The average Bonchev–Trinajstić information content (AvgIpc) is 2.71. The lowest BCUT2D eigenvalue weighted by molar-refractivity contribution is 0.288. The van der Waals surface area contributed by atoms with Crippen molar-refractivity contribution in [3.63, 3.8) is 0 Å². The number of ether oxygens (including phenoxy) is 1. The van der Waals surface area contributed by atoms with Crippen molar-refractivity contribution in [1.29, 1.82) is 0 Å². The first kappa shape index (κ1) is 22.5. The molecule has 0 spiro atoms. The lowest BCUT2D eigenvalue weighted by Gasteiger charge is -2.26. The summed E-state index contributed by atoms with van der Waals surface area (Å²) in [5.74, 6) is 0.660. The Morgan fingerprint density at radius 1 is 1.07 bits per heavy atom. The molecule has 0 heterocycles. The van der Waals surface area contributed by atoms with E-state index in [1.54, 1.807) is 6.07 Å². The largest absolute Gasteiger partial charge is 0.504 e. The van der Waals surface area contributed by atoms with Gasteiger partial charge in [-0.3, -0.25) is 0 Å². The van der Waals surface area contributed by atoms with Crippen molar-refractivity contribution in [3.8, 4) is 11.5 Å². The zero-order valence-corrected chi connectivity index (χ0v) is 18.2. The number of aromatic hydroxyl groups is 1. The van der Waals surface area contributed by atoms with E-state index in [1.807, 2.05) is 48.5 Å². The van der Waals surface area contributed by atoms with Crippen molar-refractivity contribution in [1.82, 2.24) is 0 Å². The van der Waals surface area contributed by atoms with E-state index < -0.39 is 0 Å². The van der Waals surface area contributed by atoms with Crippen molar-refractivity contribution in [2.75, 3.05) is 0 Å². The molecule has 154 valence electrons. The van der Waals surface area contributed by atoms with Gasteiger partial charge in [0.2, 0.25) is 0 Å². The van der Waals surface area contributed by atoms with Gasteiger partial charge in [-0.2, -0.15) is 0 Å². The van der Waals surface area contributed by atoms with Gasteiger partial charge in [0.15, 0.2) is 11.5 Å². The minimum Gasteiger partial charge on any atom is -0.504 e. The molecule has 2 aromatic carbocycles. The molecule has 0 aromatic heterocycles. The summed E-state index contributed by atoms with van der Waals surface area (Å²) in [6.45, 7) is 13.1. The number of rotatable bonds is 10. The van der Waals surface area contributed by atoms with E-state index in [1.165, 1.54) is 11.1 Å². The number of hydrogen-bond acceptors (Lipinski definition) is 2. The Balaban J connectivity index is 2.06. The summed E-state index contributed by atoms with van der Waals surface area (Å²) in [5.41, 5.74) is 4.60. The van der Waals surface area contributed by atoms with E-state index in [-0.39, 0.29) is 11.2 Å². The van der Waals surface area contributed by atoms with Gasteiger partial charge >= 0.3 is 0 Å². The van der Waals surface area contributed by atoms with Crippen molar-refractivity contribution in [2.24, 2.45) is 0 Å². The Kier molecular flexibility index (Phi) is 8.33. The van der Waals surface area contributed by atoms with E-state index in [4.69, 9.17) is 4.74 Å². The van der Waals surface area contributed by atoms with Crippen molar-refractivity contribution >= 4 is 0 Å². The molecule has 0 saturated carbocycles. The molecular weight excluding hydrogens is 356 g/mol. The molecule has 1 N–H and O–H groups in total. The summed E-state index contributed by atoms with van der Waals surface area (Å²) in [4.78, 5) is 0. The number of hydrogen-bond donors (Lipinski definition) is 1. The van der Waals surface area contributed by atoms with Gasteiger partial charge in [-0.05, 0) is 63.3 Å². The predicted molar refractivity (Wildman–Crippen MR) is 123 cm³/mol. The van der Waals surface area contributed by atoms with E-state index in [0.29, 0.717) is 12.4 Å². The first-order valence-electron chi connectivity index (χ1n) is 10.3. The highest BCUT2D eigenvalue weighted by Crippen LogP contribution is 2.36. The molecule has 0 aliphatic carbocycles. The molecule has 0 saturated heterocycles. The van der Waals surface area contributed by atoms with Gasteiger partial charge < -0.3 is 9.84 Å². The third-order valence-corrected chi connectivity index (χ3v) is 5.27. The fourth-order valence-corrected chi connectivity index (χ4v) is 3.13. The molecule has 1 atom stereocenters. The van der Waals surface area contributed by atoms with Gasteiger partial charge in [-0.1, -0.05) is 72.7 Å². The third kappa shape index (κ3) is 6.98. The van der Waals surface area contributed by atoms with Crippen LogP contribution in [0.15, 0.2) is 84.5 Å². The Hall–Kier alpha value is -2.74. The zero-order valence-electron chi connectivity index (χ0n) is 18.2. The molecule has 0 aliphatic heterocycles. The quantitative estimate of drug-likeness (QED) is 0.426. The minimum absolute atomic E-state index is 0.163. The van der Waals surface area contributed by atoms with E-state index >= 15 is 0 Å². The van der Waals surface area contributed by atoms with Crippen LogP contribution in [0.4, 0.5) is 0 Å². The second-order valence-corrected chi connectivity index (χ2v) is 8.15. The average molecular weight is 391 g/mol. The van der Waals surface area contributed by atoms with Gasteiger partial charge in [-0.25, -0.2) is 0 Å². The van der Waals surface area contributed by atoms with Crippen LogP contribution in [0.1, 0.15) is 58.1 Å². The number of allylic oxidation sites excluding steroid dienone is 5. The summed E-state index contributed by atoms with van der Waals surface area (Å²) >= 11 is 0. The fraction of sp³-hybridized carbons (Fsp3) is 0.333. The second-order valence-electron chi connectivity index (χ2n) is 8.15. The molecule has 1 unspecified atom stereocenters. The standard InChI is InChI=1S/C27H34O2/c1-6-27(5,18-17-22(4)12-10-11-21(2)3)24-15-16-26(25(28)19-24)29-20-23-13-8-7-9-14-23/h6-9,11,13-17,19,28H,1,10,12,18,20H2,2-5H3/b22-17+. The van der Waals surface area contributed by atoms with Gasteiger partial charge in [0.05, 0.1) is 0 Å². The number of benzene rings is 2. The van der Waals surface area contributed by atoms with E-state index in [0.717, 1.165) is 30.4 Å². The first-order chi connectivity index (χ1) is 13.8. The number of phenols is 1. The summed E-state index contributed by atoms with van der Waals surface area (Å²) in [7, 11) is 0. The molecule has 2 aromatic rings. The molecule has 0 bridgehead atoms. The van der Waals surface area contributed by atoms with Crippen LogP contribution in [-0.2, 0) is 12.0 Å². The van der Waals surface area contributed by atoms with Crippen molar-refractivity contribution in [2.45, 2.75) is 59.0 Å². The third-order valence-electron chi connectivity index (χ3n) is 5.27. The van der Waals surface area contributed by atoms with E-state index in [9.17, 15) is 5.11 Å². The van der Waals surface area contributed by atoms with Crippen molar-refractivity contribution in [3.05, 3.63) is 95.6 Å². The molecule has 2 heteroatoms. The highest BCUT2D eigenvalue weighted by Gasteiger charge is 2.23. The minimum atomic E-state index is -0.243. The van der Waals surface area contributed by atoms with Crippen LogP contribution in [0, 0.1) is 0 Å². The zero-order chi connectivity index (χ0) is 21.3. The van der Waals surface area contributed by atoms with Gasteiger partial charge in [-0.15, -0.1) is 6.58 Å². The van der Waals surface area contributed by atoms with Crippen LogP contribution in [-0.4, -0.2) is 5.11 Å². The van der Waals surface area contributed by atoms with Crippen LogP contribution < -0.4 is 4.74 Å². The van der Waals surface area contributed by atoms with Crippen LogP contribution in [0.3, 0.4) is 0 Å². The highest BCUT2D eigenvalue weighted by molar-refractivity contribution is 5.45. The Morgan fingerprint density at radius 3 is 2.41 bits per heavy atom. The molecule has 0 fully saturated rings. The van der Waals surface area contributed by atoms with Gasteiger partial charge in [0, 0.05) is 5.41 Å². The molecule has 2 rings (SSSR count). The molecule has 0 radical (unpaired) electrons. The smallest absolute Gasteiger partial charge is 0.161 e. The Morgan fingerprint density at radius 2 is 1.79 bits per heavy atom. The first-order valence-corrected chi connectivity index (χ1v) is 10.3. The maximum absolute atomic E-state index is 10.5. The summed E-state index contributed by atoms with van der Waals surface area (Å²) in [6, 6.07) is 15.6. The topological polar surface area (TPSA) is 29.5 Å². The Bertz CT molecular complexity index is 857. The van der Waals surface area contributed by atoms with Gasteiger partial charge in [0.25, 0.3) is 0 Å². The van der Waals surface area contributed by atoms with Crippen LogP contribution in [0.25, 0.3) is 0 Å². The lowest BCUT2D eigenvalue weighted by Crippen LogP contribution is -2.17. The van der Waals surface area contributed by atoms with E-state index in [2.05, 4.69) is 46.4 Å². The number of phenolic OH excluding ortho intramolecular Hbond substituents is 1. The molecular formula is C27H34O2. The van der Waals surface area contributed by atoms with Gasteiger partial charge in [0.1, 0.15) is 6.61 Å². The van der Waals surface area contributed by atoms with Crippen LogP contribution in [0.2, 0.25) is 0 Å². The monoisotopic (exact) mass is 390 g/mol. The van der Waals surface area contributed by atoms with Crippen LogP contribution in [0.5, 0.6) is 11.5 Å². The highest BCUT2D eigenvalue weighted by atomic mass is 16.5. The second kappa shape index (κ2) is 10.7. The SMILES string of the molecule is C=CC(C)(C/C=C(\C)CCC=C(C)C)c1ccc(OCc2ccccc2)c(O)c1.